The zero-order valence-electron chi connectivity index (χ0n) is 7.80. The Balaban J connectivity index is 2.50. The summed E-state index contributed by atoms with van der Waals surface area (Å²) in [6.07, 6.45) is 2.99. The van der Waals surface area contributed by atoms with Crippen LogP contribution in [0.15, 0.2) is 24.4 Å². The number of hydrogen-bond acceptors (Lipinski definition) is 1. The topological polar surface area (TPSA) is 41.8 Å². The Labute approximate surface area is 77.8 Å². The summed E-state index contributed by atoms with van der Waals surface area (Å²) in [5.74, 6) is 0. The van der Waals surface area contributed by atoms with Crippen molar-refractivity contribution in [1.29, 1.82) is 0 Å². The summed E-state index contributed by atoms with van der Waals surface area (Å²) in [6, 6.07) is 6.48. The van der Waals surface area contributed by atoms with Crippen molar-refractivity contribution in [1.82, 2.24) is 4.98 Å². The number of nitrogens with one attached hydrogen (secondary N) is 1. The van der Waals surface area contributed by atoms with Gasteiger partial charge in [0, 0.05) is 17.1 Å². The fourth-order valence-corrected chi connectivity index (χ4v) is 1.64. The molecule has 0 aliphatic carbocycles. The highest BCUT2D eigenvalue weighted by atomic mass is 14.7. The quantitative estimate of drug-likeness (QED) is 0.718. The van der Waals surface area contributed by atoms with Crippen LogP contribution in [0.4, 0.5) is 0 Å². The third-order valence-corrected chi connectivity index (χ3v) is 2.39. The van der Waals surface area contributed by atoms with Gasteiger partial charge in [0.2, 0.25) is 0 Å². The molecule has 0 aliphatic rings. The highest BCUT2D eigenvalue weighted by Crippen LogP contribution is 2.18. The molecule has 0 aliphatic heterocycles. The van der Waals surface area contributed by atoms with Crippen LogP contribution in [0.3, 0.4) is 0 Å². The molecule has 0 bridgehead atoms. The van der Waals surface area contributed by atoms with Crippen molar-refractivity contribution in [2.45, 2.75) is 13.3 Å². The number of fused-ring (bicyclic) bond motifs is 1. The predicted octanol–water partition coefficient (Wildman–Crippen LogP) is 1.98. The number of aromatic amines is 1. The molecule has 13 heavy (non-hydrogen) atoms. The smallest absolute Gasteiger partial charge is 0.0459 e. The van der Waals surface area contributed by atoms with E-state index in [0.717, 1.165) is 6.42 Å². The van der Waals surface area contributed by atoms with Gasteiger partial charge in [0.1, 0.15) is 0 Å². The van der Waals surface area contributed by atoms with Gasteiger partial charge >= 0.3 is 0 Å². The minimum Gasteiger partial charge on any atom is -0.361 e. The lowest BCUT2D eigenvalue weighted by molar-refractivity contribution is 0.970. The Bertz CT molecular complexity index is 415. The van der Waals surface area contributed by atoms with Crippen LogP contribution >= 0.6 is 0 Å². The Morgan fingerprint density at radius 1 is 1.38 bits per heavy atom. The Kier molecular flexibility index (Phi) is 2.07. The average molecular weight is 174 g/mol. The van der Waals surface area contributed by atoms with E-state index in [1.54, 1.807) is 0 Å². The Morgan fingerprint density at radius 3 is 3.00 bits per heavy atom. The van der Waals surface area contributed by atoms with Gasteiger partial charge in [-0.3, -0.25) is 0 Å². The molecule has 0 saturated heterocycles. The van der Waals surface area contributed by atoms with Crippen molar-refractivity contribution >= 4 is 10.9 Å². The number of nitrogens with two attached hydrogens (primary N) is 1. The van der Waals surface area contributed by atoms with Crippen LogP contribution in [0.1, 0.15) is 11.1 Å². The first-order valence-electron chi connectivity index (χ1n) is 4.58. The van der Waals surface area contributed by atoms with Crippen LogP contribution in [-0.2, 0) is 6.42 Å². The molecule has 3 N–H and O–H groups in total. The molecule has 0 spiro atoms. The maximum absolute atomic E-state index is 5.50. The number of aromatic nitrogens is 1. The lowest BCUT2D eigenvalue weighted by Crippen LogP contribution is -2.02. The van der Waals surface area contributed by atoms with Crippen molar-refractivity contribution in [3.8, 4) is 0 Å². The first-order chi connectivity index (χ1) is 6.31. The van der Waals surface area contributed by atoms with Crippen molar-refractivity contribution in [3.05, 3.63) is 35.5 Å². The second-order valence-electron chi connectivity index (χ2n) is 3.39. The molecule has 68 valence electrons. The highest BCUT2D eigenvalue weighted by molar-refractivity contribution is 5.83. The van der Waals surface area contributed by atoms with Crippen LogP contribution in [0.2, 0.25) is 0 Å². The van der Waals surface area contributed by atoms with Gasteiger partial charge in [0.05, 0.1) is 0 Å². The van der Waals surface area contributed by atoms with Crippen LogP contribution in [0.25, 0.3) is 10.9 Å². The summed E-state index contributed by atoms with van der Waals surface area (Å²) in [6.45, 7) is 2.83. The van der Waals surface area contributed by atoms with E-state index in [1.165, 1.54) is 22.0 Å². The van der Waals surface area contributed by atoms with Gasteiger partial charge in [0.15, 0.2) is 0 Å². The summed E-state index contributed by atoms with van der Waals surface area (Å²) in [7, 11) is 0. The van der Waals surface area contributed by atoms with Gasteiger partial charge in [0.25, 0.3) is 0 Å². The summed E-state index contributed by atoms with van der Waals surface area (Å²) in [5, 5.41) is 1.31. The molecule has 2 nitrogen and oxygen atoms in total. The molecule has 1 aromatic carbocycles. The van der Waals surface area contributed by atoms with E-state index in [0.29, 0.717) is 6.54 Å². The second-order valence-corrected chi connectivity index (χ2v) is 3.39. The van der Waals surface area contributed by atoms with Crippen LogP contribution in [-0.4, -0.2) is 11.5 Å². The Hall–Kier alpha value is -1.28. The normalized spacial score (nSPS) is 10.9. The van der Waals surface area contributed by atoms with Gasteiger partial charge in [-0.05, 0) is 37.1 Å². The minimum atomic E-state index is 0.713. The molecule has 1 heterocycles. The maximum atomic E-state index is 5.50. The first-order valence-corrected chi connectivity index (χ1v) is 4.58. The van der Waals surface area contributed by atoms with Crippen molar-refractivity contribution in [2.75, 3.05) is 6.54 Å². The van der Waals surface area contributed by atoms with Crippen molar-refractivity contribution in [3.63, 3.8) is 0 Å². The minimum absolute atomic E-state index is 0.713. The van der Waals surface area contributed by atoms with Crippen LogP contribution in [0, 0.1) is 6.92 Å². The van der Waals surface area contributed by atoms with Gasteiger partial charge in [-0.25, -0.2) is 0 Å². The molecule has 1 aromatic heterocycles. The SMILES string of the molecule is Cc1c[nH]c2cc(CCN)ccc12. The average Bonchev–Trinajstić information content (AvgIpc) is 2.48. The number of hydrogen-bond donors (Lipinski definition) is 2. The third-order valence-electron chi connectivity index (χ3n) is 2.39. The second kappa shape index (κ2) is 3.23. The number of aryl methyl sites for hydroxylation is 1. The van der Waals surface area contributed by atoms with E-state index in [1.807, 2.05) is 6.20 Å². The van der Waals surface area contributed by atoms with E-state index in [4.69, 9.17) is 5.73 Å². The van der Waals surface area contributed by atoms with Crippen molar-refractivity contribution < 1.29 is 0 Å². The molecule has 2 aromatic rings. The standard InChI is InChI=1S/C11H14N2/c1-8-7-13-11-6-9(4-5-12)2-3-10(8)11/h2-3,6-7,13H,4-5,12H2,1H3. The van der Waals surface area contributed by atoms with Gasteiger partial charge in [-0.1, -0.05) is 12.1 Å². The highest BCUT2D eigenvalue weighted by Gasteiger charge is 1.99. The van der Waals surface area contributed by atoms with Gasteiger partial charge in [-0.15, -0.1) is 0 Å². The van der Waals surface area contributed by atoms with Crippen LogP contribution in [0.5, 0.6) is 0 Å². The molecule has 2 rings (SSSR count). The van der Waals surface area contributed by atoms with E-state index >= 15 is 0 Å². The number of rotatable bonds is 2. The van der Waals surface area contributed by atoms with Crippen molar-refractivity contribution in [2.24, 2.45) is 5.73 Å². The number of benzene rings is 1. The van der Waals surface area contributed by atoms with Crippen LogP contribution < -0.4 is 5.73 Å². The number of H-pyrrole nitrogens is 1. The lowest BCUT2D eigenvalue weighted by atomic mass is 10.1. The summed E-state index contributed by atoms with van der Waals surface area (Å²) < 4.78 is 0. The fourth-order valence-electron chi connectivity index (χ4n) is 1.64. The van der Waals surface area contributed by atoms with E-state index in [2.05, 4.69) is 30.1 Å². The predicted molar refractivity (Wildman–Crippen MR) is 55.8 cm³/mol. The summed E-state index contributed by atoms with van der Waals surface area (Å²) >= 11 is 0. The monoisotopic (exact) mass is 174 g/mol. The third kappa shape index (κ3) is 1.45. The molecule has 0 radical (unpaired) electrons. The fraction of sp³-hybridized carbons (Fsp3) is 0.273. The van der Waals surface area contributed by atoms with E-state index in [-0.39, 0.29) is 0 Å². The molecule has 0 fully saturated rings. The first kappa shape index (κ1) is 8.32. The van der Waals surface area contributed by atoms with E-state index in [9.17, 15) is 0 Å². The zero-order valence-corrected chi connectivity index (χ0v) is 7.80. The summed E-state index contributed by atoms with van der Waals surface area (Å²) in [5.41, 5.74) is 9.31. The Morgan fingerprint density at radius 2 is 2.23 bits per heavy atom. The summed E-state index contributed by atoms with van der Waals surface area (Å²) in [4.78, 5) is 3.25. The van der Waals surface area contributed by atoms with Gasteiger partial charge < -0.3 is 10.7 Å². The lowest BCUT2D eigenvalue weighted by Gasteiger charge is -1.98. The largest absolute Gasteiger partial charge is 0.361 e. The molecular formula is C11H14N2. The maximum Gasteiger partial charge on any atom is 0.0459 e. The van der Waals surface area contributed by atoms with Gasteiger partial charge in [-0.2, -0.15) is 0 Å². The molecule has 0 unspecified atom stereocenters. The molecule has 0 atom stereocenters. The molecule has 0 amide bonds. The molecule has 2 heteroatoms. The zero-order chi connectivity index (χ0) is 9.26. The van der Waals surface area contributed by atoms with E-state index < -0.39 is 0 Å². The molecule has 0 saturated carbocycles. The molecular weight excluding hydrogens is 160 g/mol.